The largest absolute Gasteiger partial charge is 0.492 e. The number of rotatable bonds is 5. The maximum Gasteiger partial charge on any atom is 0.145 e. The van der Waals surface area contributed by atoms with Crippen LogP contribution >= 0.6 is 11.6 Å². The Morgan fingerprint density at radius 2 is 2.39 bits per heavy atom. The molecular formula is C14H19ClFNO. The normalized spacial score (nSPS) is 20.9. The smallest absolute Gasteiger partial charge is 0.145 e. The van der Waals surface area contributed by atoms with Crippen molar-refractivity contribution in [3.63, 3.8) is 0 Å². The van der Waals surface area contributed by atoms with Crippen molar-refractivity contribution in [1.82, 2.24) is 5.32 Å². The maximum absolute atomic E-state index is 13.2. The van der Waals surface area contributed by atoms with Gasteiger partial charge in [-0.15, -0.1) is 0 Å². The second-order valence-electron chi connectivity index (χ2n) is 5.06. The third kappa shape index (κ3) is 3.59. The summed E-state index contributed by atoms with van der Waals surface area (Å²) in [5, 5.41) is 3.43. The molecule has 0 bridgehead atoms. The lowest BCUT2D eigenvalue weighted by Gasteiger charge is -2.17. The van der Waals surface area contributed by atoms with E-state index in [2.05, 4.69) is 12.2 Å². The molecule has 0 radical (unpaired) electrons. The van der Waals surface area contributed by atoms with E-state index in [1.807, 2.05) is 0 Å². The lowest BCUT2D eigenvalue weighted by atomic mass is 9.96. The molecule has 0 aromatic heterocycles. The van der Waals surface area contributed by atoms with Crippen LogP contribution in [0.15, 0.2) is 18.2 Å². The summed E-state index contributed by atoms with van der Waals surface area (Å²) >= 11 is 5.84. The predicted molar refractivity (Wildman–Crippen MR) is 71.7 cm³/mol. The number of nitrogens with one attached hydrogen (secondary N) is 1. The molecule has 2 atom stereocenters. The van der Waals surface area contributed by atoms with Crippen molar-refractivity contribution >= 4 is 11.6 Å². The van der Waals surface area contributed by atoms with Gasteiger partial charge in [0.1, 0.15) is 16.6 Å². The summed E-state index contributed by atoms with van der Waals surface area (Å²) in [6.07, 6.45) is 2.38. The first-order chi connectivity index (χ1) is 8.66. The van der Waals surface area contributed by atoms with E-state index in [0.717, 1.165) is 25.4 Å². The first kappa shape index (κ1) is 13.6. The molecule has 2 unspecified atom stereocenters. The van der Waals surface area contributed by atoms with E-state index in [1.165, 1.54) is 12.5 Å². The molecule has 0 spiro atoms. The van der Waals surface area contributed by atoms with Crippen LogP contribution < -0.4 is 10.1 Å². The van der Waals surface area contributed by atoms with Crippen LogP contribution in [0.3, 0.4) is 0 Å². The Balaban J connectivity index is 1.81. The Morgan fingerprint density at radius 3 is 3.11 bits per heavy atom. The Kier molecular flexibility index (Phi) is 4.84. The van der Waals surface area contributed by atoms with Gasteiger partial charge in [0.2, 0.25) is 0 Å². The summed E-state index contributed by atoms with van der Waals surface area (Å²) in [4.78, 5) is 0. The molecule has 1 aliphatic heterocycles. The van der Waals surface area contributed by atoms with Gasteiger partial charge >= 0.3 is 0 Å². The van der Waals surface area contributed by atoms with E-state index in [0.29, 0.717) is 18.3 Å². The lowest BCUT2D eigenvalue weighted by molar-refractivity contribution is 0.235. The lowest BCUT2D eigenvalue weighted by Crippen LogP contribution is -2.16. The van der Waals surface area contributed by atoms with Crippen LogP contribution in [0.25, 0.3) is 0 Å². The number of hydrogen-bond donors (Lipinski definition) is 1. The van der Waals surface area contributed by atoms with Crippen LogP contribution in [0.1, 0.15) is 19.8 Å². The molecule has 0 amide bonds. The van der Waals surface area contributed by atoms with Crippen molar-refractivity contribution in [2.24, 2.45) is 11.8 Å². The Morgan fingerprint density at radius 1 is 1.56 bits per heavy atom. The summed E-state index contributed by atoms with van der Waals surface area (Å²) in [5.74, 6) is 1.20. The highest BCUT2D eigenvalue weighted by molar-refractivity contribution is 6.32. The molecule has 2 rings (SSSR count). The molecule has 1 aromatic rings. The molecule has 1 heterocycles. The molecule has 1 aliphatic rings. The molecule has 0 aliphatic carbocycles. The highest BCUT2D eigenvalue weighted by Gasteiger charge is 2.18. The van der Waals surface area contributed by atoms with Crippen molar-refractivity contribution in [3.05, 3.63) is 29.0 Å². The van der Waals surface area contributed by atoms with E-state index in [1.54, 1.807) is 12.1 Å². The number of ether oxygens (including phenoxy) is 1. The van der Waals surface area contributed by atoms with Gasteiger partial charge in [-0.25, -0.2) is 4.39 Å². The summed E-state index contributed by atoms with van der Waals surface area (Å²) in [5.41, 5.74) is 0. The zero-order chi connectivity index (χ0) is 13.0. The van der Waals surface area contributed by atoms with Gasteiger partial charge in [0, 0.05) is 0 Å². The Labute approximate surface area is 112 Å². The van der Waals surface area contributed by atoms with Crippen LogP contribution in [-0.2, 0) is 0 Å². The van der Waals surface area contributed by atoms with Gasteiger partial charge in [0.25, 0.3) is 0 Å². The fourth-order valence-electron chi connectivity index (χ4n) is 2.38. The highest BCUT2D eigenvalue weighted by atomic mass is 35.5. The monoisotopic (exact) mass is 271 g/mol. The molecule has 18 heavy (non-hydrogen) atoms. The molecule has 1 N–H and O–H groups in total. The van der Waals surface area contributed by atoms with Gasteiger partial charge in [0.05, 0.1) is 6.61 Å². The van der Waals surface area contributed by atoms with E-state index in [9.17, 15) is 4.39 Å². The predicted octanol–water partition coefficient (Wildman–Crippen LogP) is 3.49. The van der Waals surface area contributed by atoms with Gasteiger partial charge in [-0.1, -0.05) is 24.6 Å². The first-order valence-corrected chi connectivity index (χ1v) is 6.82. The molecule has 1 aromatic carbocycles. The van der Waals surface area contributed by atoms with E-state index < -0.39 is 5.82 Å². The van der Waals surface area contributed by atoms with Crippen LogP contribution in [0, 0.1) is 17.7 Å². The fourth-order valence-corrected chi connectivity index (χ4v) is 2.56. The Bertz CT molecular complexity index is 393. The SMILES string of the molecule is CC(COc1cccc(F)c1Cl)CC1CCNC1. The molecule has 4 heteroatoms. The van der Waals surface area contributed by atoms with Crippen LogP contribution in [0.5, 0.6) is 5.75 Å². The minimum absolute atomic E-state index is 0.0761. The van der Waals surface area contributed by atoms with Gasteiger partial charge in [-0.2, -0.15) is 0 Å². The van der Waals surface area contributed by atoms with Gasteiger partial charge in [0.15, 0.2) is 0 Å². The zero-order valence-electron chi connectivity index (χ0n) is 10.6. The van der Waals surface area contributed by atoms with Gasteiger partial charge in [-0.05, 0) is 49.9 Å². The zero-order valence-corrected chi connectivity index (χ0v) is 11.3. The molecule has 1 fully saturated rings. The summed E-state index contributed by atoms with van der Waals surface area (Å²) < 4.78 is 18.8. The molecule has 2 nitrogen and oxygen atoms in total. The summed E-state index contributed by atoms with van der Waals surface area (Å²) in [6.45, 7) is 4.96. The topological polar surface area (TPSA) is 21.3 Å². The van der Waals surface area contributed by atoms with Crippen molar-refractivity contribution in [1.29, 1.82) is 0 Å². The fraction of sp³-hybridized carbons (Fsp3) is 0.571. The average Bonchev–Trinajstić information content (AvgIpc) is 2.84. The van der Waals surface area contributed by atoms with E-state index >= 15 is 0 Å². The number of halogens is 2. The minimum atomic E-state index is -0.429. The third-order valence-electron chi connectivity index (χ3n) is 3.34. The van der Waals surface area contributed by atoms with Crippen LogP contribution in [0.2, 0.25) is 5.02 Å². The average molecular weight is 272 g/mol. The van der Waals surface area contributed by atoms with Gasteiger partial charge < -0.3 is 10.1 Å². The summed E-state index contributed by atoms with van der Waals surface area (Å²) in [6, 6.07) is 4.65. The first-order valence-electron chi connectivity index (χ1n) is 6.44. The third-order valence-corrected chi connectivity index (χ3v) is 3.70. The standard InChI is InChI=1S/C14H19ClFNO/c1-10(7-11-5-6-17-8-11)9-18-13-4-2-3-12(16)14(13)15/h2-4,10-11,17H,5-9H2,1H3. The van der Waals surface area contributed by atoms with Crippen LogP contribution in [-0.4, -0.2) is 19.7 Å². The number of benzene rings is 1. The molecule has 1 saturated heterocycles. The quantitative estimate of drug-likeness (QED) is 0.885. The van der Waals surface area contributed by atoms with Crippen molar-refractivity contribution < 1.29 is 9.13 Å². The molecule has 0 saturated carbocycles. The van der Waals surface area contributed by atoms with Gasteiger partial charge in [-0.3, -0.25) is 0 Å². The van der Waals surface area contributed by atoms with E-state index in [4.69, 9.17) is 16.3 Å². The second kappa shape index (κ2) is 6.39. The summed E-state index contributed by atoms with van der Waals surface area (Å²) in [7, 11) is 0. The van der Waals surface area contributed by atoms with Crippen LogP contribution in [0.4, 0.5) is 4.39 Å². The highest BCUT2D eigenvalue weighted by Crippen LogP contribution is 2.28. The molecule has 100 valence electrons. The maximum atomic E-state index is 13.2. The molecular weight excluding hydrogens is 253 g/mol. The van der Waals surface area contributed by atoms with Crippen molar-refractivity contribution in [3.8, 4) is 5.75 Å². The number of hydrogen-bond acceptors (Lipinski definition) is 2. The second-order valence-corrected chi connectivity index (χ2v) is 5.44. The van der Waals surface area contributed by atoms with Crippen molar-refractivity contribution in [2.75, 3.05) is 19.7 Å². The van der Waals surface area contributed by atoms with E-state index in [-0.39, 0.29) is 5.02 Å². The minimum Gasteiger partial charge on any atom is -0.492 e. The Hall–Kier alpha value is -0.800. The van der Waals surface area contributed by atoms with Crippen molar-refractivity contribution in [2.45, 2.75) is 19.8 Å².